The highest BCUT2D eigenvalue weighted by Gasteiger charge is 2.02. The Bertz CT molecular complexity index is 501. The Morgan fingerprint density at radius 1 is 0.875 bits per heavy atom. The zero-order valence-corrected chi connectivity index (χ0v) is 9.83. The van der Waals surface area contributed by atoms with Crippen molar-refractivity contribution >= 4 is 5.69 Å². The first-order valence-corrected chi connectivity index (χ1v) is 5.56. The third kappa shape index (κ3) is 2.25. The number of benzene rings is 2. The molecule has 2 aromatic rings. The summed E-state index contributed by atoms with van der Waals surface area (Å²) in [4.78, 5) is 0. The molecule has 0 heterocycles. The van der Waals surface area contributed by atoms with Gasteiger partial charge in [-0.05, 0) is 54.7 Å². The van der Waals surface area contributed by atoms with Crippen LogP contribution in [0, 0.1) is 13.8 Å². The number of rotatable bonds is 2. The van der Waals surface area contributed by atoms with Gasteiger partial charge in [-0.3, -0.25) is 0 Å². The van der Waals surface area contributed by atoms with Crippen LogP contribution in [0.4, 0.5) is 5.69 Å². The minimum Gasteiger partial charge on any atom is -0.399 e. The van der Waals surface area contributed by atoms with E-state index in [-0.39, 0.29) is 0 Å². The van der Waals surface area contributed by atoms with Crippen molar-refractivity contribution in [2.75, 3.05) is 5.73 Å². The van der Waals surface area contributed by atoms with Gasteiger partial charge in [-0.25, -0.2) is 0 Å². The lowest BCUT2D eigenvalue weighted by Gasteiger charge is -2.09. The van der Waals surface area contributed by atoms with Crippen LogP contribution < -0.4 is 5.73 Å². The van der Waals surface area contributed by atoms with Gasteiger partial charge in [0.2, 0.25) is 0 Å². The average molecular weight is 211 g/mol. The van der Waals surface area contributed by atoms with Crippen LogP contribution in [-0.2, 0) is 6.42 Å². The van der Waals surface area contributed by atoms with Crippen molar-refractivity contribution in [3.63, 3.8) is 0 Å². The number of nitrogen functional groups attached to an aromatic ring is 1. The second-order valence-corrected chi connectivity index (χ2v) is 4.29. The van der Waals surface area contributed by atoms with Crippen molar-refractivity contribution in [1.82, 2.24) is 0 Å². The van der Waals surface area contributed by atoms with Gasteiger partial charge in [0.15, 0.2) is 0 Å². The molecule has 0 atom stereocenters. The number of hydrogen-bond donors (Lipinski definition) is 1. The quantitative estimate of drug-likeness (QED) is 0.756. The fraction of sp³-hybridized carbons (Fsp3) is 0.200. The summed E-state index contributed by atoms with van der Waals surface area (Å²) in [5.41, 5.74) is 11.9. The second kappa shape index (κ2) is 4.40. The van der Waals surface area contributed by atoms with Gasteiger partial charge >= 0.3 is 0 Å². The Morgan fingerprint density at radius 3 is 2.25 bits per heavy atom. The molecule has 1 nitrogen and oxygen atoms in total. The van der Waals surface area contributed by atoms with E-state index in [0.29, 0.717) is 0 Å². The predicted molar refractivity (Wildman–Crippen MR) is 69.6 cm³/mol. The molecule has 0 aliphatic carbocycles. The second-order valence-electron chi connectivity index (χ2n) is 4.29. The Hall–Kier alpha value is -1.76. The fourth-order valence-corrected chi connectivity index (χ4v) is 1.93. The lowest BCUT2D eigenvalue weighted by atomic mass is 9.97. The molecule has 0 saturated carbocycles. The molecule has 0 amide bonds. The summed E-state index contributed by atoms with van der Waals surface area (Å²) in [5, 5.41) is 0. The van der Waals surface area contributed by atoms with E-state index in [1.54, 1.807) is 0 Å². The first-order chi connectivity index (χ1) is 7.66. The summed E-state index contributed by atoms with van der Waals surface area (Å²) in [7, 11) is 0. The zero-order valence-electron chi connectivity index (χ0n) is 9.83. The van der Waals surface area contributed by atoms with Crippen molar-refractivity contribution in [3.8, 4) is 0 Å². The smallest absolute Gasteiger partial charge is 0.0316 e. The van der Waals surface area contributed by atoms with Crippen LogP contribution in [0.2, 0.25) is 0 Å². The third-order valence-electron chi connectivity index (χ3n) is 3.01. The maximum atomic E-state index is 5.75. The number of hydrogen-bond acceptors (Lipinski definition) is 1. The van der Waals surface area contributed by atoms with E-state index in [1.165, 1.54) is 22.3 Å². The van der Waals surface area contributed by atoms with E-state index in [2.05, 4.69) is 44.2 Å². The molecule has 0 unspecified atom stereocenters. The number of aryl methyl sites for hydroxylation is 2. The lowest BCUT2D eigenvalue weighted by Crippen LogP contribution is -1.95. The Morgan fingerprint density at radius 2 is 1.56 bits per heavy atom. The van der Waals surface area contributed by atoms with Crippen LogP contribution >= 0.6 is 0 Å². The summed E-state index contributed by atoms with van der Waals surface area (Å²) in [5.74, 6) is 0. The fourth-order valence-electron chi connectivity index (χ4n) is 1.93. The molecule has 82 valence electrons. The van der Waals surface area contributed by atoms with Crippen molar-refractivity contribution in [2.45, 2.75) is 20.3 Å². The first-order valence-electron chi connectivity index (χ1n) is 5.56. The van der Waals surface area contributed by atoms with Crippen LogP contribution in [0.1, 0.15) is 22.3 Å². The molecule has 0 aromatic heterocycles. The molecule has 0 spiro atoms. The van der Waals surface area contributed by atoms with E-state index >= 15 is 0 Å². The minimum atomic E-state index is 0.839. The van der Waals surface area contributed by atoms with Gasteiger partial charge < -0.3 is 5.73 Å². The van der Waals surface area contributed by atoms with Crippen molar-refractivity contribution in [2.24, 2.45) is 0 Å². The van der Waals surface area contributed by atoms with E-state index in [1.807, 2.05) is 12.1 Å². The van der Waals surface area contributed by atoms with Crippen molar-refractivity contribution < 1.29 is 0 Å². The van der Waals surface area contributed by atoms with Crippen LogP contribution in [-0.4, -0.2) is 0 Å². The topological polar surface area (TPSA) is 26.0 Å². The normalized spacial score (nSPS) is 10.4. The van der Waals surface area contributed by atoms with Crippen molar-refractivity contribution in [1.29, 1.82) is 0 Å². The Kier molecular flexibility index (Phi) is 2.95. The molecule has 2 rings (SSSR count). The predicted octanol–water partition coefficient (Wildman–Crippen LogP) is 3.48. The standard InChI is InChI=1S/C15H17N/c1-11-5-3-4-6-13(11)10-14-7-8-15(16)9-12(14)2/h3-9H,10,16H2,1-2H3. The Balaban J connectivity index is 2.31. The highest BCUT2D eigenvalue weighted by Crippen LogP contribution is 2.18. The lowest BCUT2D eigenvalue weighted by molar-refractivity contribution is 1.13. The van der Waals surface area contributed by atoms with Gasteiger partial charge in [0.25, 0.3) is 0 Å². The van der Waals surface area contributed by atoms with Crippen molar-refractivity contribution in [3.05, 3.63) is 64.7 Å². The van der Waals surface area contributed by atoms with Crippen LogP contribution in [0.25, 0.3) is 0 Å². The van der Waals surface area contributed by atoms with E-state index in [4.69, 9.17) is 5.73 Å². The average Bonchev–Trinajstić information content (AvgIpc) is 2.25. The Labute approximate surface area is 96.9 Å². The summed E-state index contributed by atoms with van der Waals surface area (Å²) in [6.07, 6.45) is 0.985. The van der Waals surface area contributed by atoms with Crippen LogP contribution in [0.15, 0.2) is 42.5 Å². The van der Waals surface area contributed by atoms with Gasteiger partial charge in [-0.15, -0.1) is 0 Å². The van der Waals surface area contributed by atoms with E-state index in [9.17, 15) is 0 Å². The largest absolute Gasteiger partial charge is 0.399 e. The number of anilines is 1. The zero-order chi connectivity index (χ0) is 11.5. The van der Waals surface area contributed by atoms with Gasteiger partial charge in [0.05, 0.1) is 0 Å². The van der Waals surface area contributed by atoms with E-state index in [0.717, 1.165) is 12.1 Å². The summed E-state index contributed by atoms with van der Waals surface area (Å²) in [6.45, 7) is 4.27. The highest BCUT2D eigenvalue weighted by atomic mass is 14.5. The summed E-state index contributed by atoms with van der Waals surface area (Å²) in [6, 6.07) is 14.6. The summed E-state index contributed by atoms with van der Waals surface area (Å²) < 4.78 is 0. The maximum Gasteiger partial charge on any atom is 0.0316 e. The monoisotopic (exact) mass is 211 g/mol. The summed E-state index contributed by atoms with van der Waals surface area (Å²) >= 11 is 0. The molecule has 1 heteroatoms. The van der Waals surface area contributed by atoms with E-state index < -0.39 is 0 Å². The molecule has 2 aromatic carbocycles. The van der Waals surface area contributed by atoms with Gasteiger partial charge in [-0.1, -0.05) is 30.3 Å². The SMILES string of the molecule is Cc1ccccc1Cc1ccc(N)cc1C. The molecular formula is C15H17N. The molecule has 0 aliphatic heterocycles. The molecule has 0 radical (unpaired) electrons. The molecule has 0 aliphatic rings. The maximum absolute atomic E-state index is 5.75. The number of nitrogens with two attached hydrogens (primary N) is 1. The highest BCUT2D eigenvalue weighted by molar-refractivity contribution is 5.46. The van der Waals surface area contributed by atoms with Gasteiger partial charge in [0.1, 0.15) is 0 Å². The van der Waals surface area contributed by atoms with Gasteiger partial charge in [0, 0.05) is 5.69 Å². The van der Waals surface area contributed by atoms with Gasteiger partial charge in [-0.2, -0.15) is 0 Å². The molecule has 0 saturated heterocycles. The molecule has 0 fully saturated rings. The molecule has 2 N–H and O–H groups in total. The molecule has 0 bridgehead atoms. The first kappa shape index (κ1) is 10.7. The third-order valence-corrected chi connectivity index (χ3v) is 3.01. The minimum absolute atomic E-state index is 0.839. The molecule has 16 heavy (non-hydrogen) atoms. The van der Waals surface area contributed by atoms with Crippen LogP contribution in [0.3, 0.4) is 0 Å². The van der Waals surface area contributed by atoms with Crippen LogP contribution in [0.5, 0.6) is 0 Å². The molecular weight excluding hydrogens is 194 g/mol.